The summed E-state index contributed by atoms with van der Waals surface area (Å²) in [6.45, 7) is 3.96. The van der Waals surface area contributed by atoms with Crippen molar-refractivity contribution in [1.29, 1.82) is 0 Å². The van der Waals surface area contributed by atoms with Crippen molar-refractivity contribution in [1.82, 2.24) is 0 Å². The van der Waals surface area contributed by atoms with Gasteiger partial charge in [-0.25, -0.2) is 0 Å². The van der Waals surface area contributed by atoms with E-state index >= 15 is 0 Å². The molecule has 1 saturated heterocycles. The van der Waals surface area contributed by atoms with Crippen molar-refractivity contribution in [3.63, 3.8) is 0 Å². The molecule has 1 unspecified atom stereocenters. The predicted molar refractivity (Wildman–Crippen MR) is 130 cm³/mol. The predicted octanol–water partition coefficient (Wildman–Crippen LogP) is 4.81. The number of carbonyl (C=O) groups excluding carboxylic acids is 2. The number of aryl methyl sites for hydroxylation is 2. The number of hydrogen-bond donors (Lipinski definition) is 2. The fourth-order valence-corrected chi connectivity index (χ4v) is 4.17. The van der Waals surface area contributed by atoms with Gasteiger partial charge < -0.3 is 10.2 Å². The molecule has 0 aromatic heterocycles. The van der Waals surface area contributed by atoms with Crippen LogP contribution in [-0.2, 0) is 27.2 Å². The molecule has 0 spiro atoms. The largest absolute Gasteiger partial charge is 0.507 e. The lowest BCUT2D eigenvalue weighted by molar-refractivity contribution is -0.136. The second-order valence-corrected chi connectivity index (χ2v) is 8.37. The topological polar surface area (TPSA) is 94.9 Å². The van der Waals surface area contributed by atoms with Gasteiger partial charge in [-0.1, -0.05) is 73.2 Å². The summed E-state index contributed by atoms with van der Waals surface area (Å²) >= 11 is 0. The summed E-state index contributed by atoms with van der Waals surface area (Å²) in [5.41, 5.74) is 4.31. The van der Waals surface area contributed by atoms with E-state index in [1.165, 1.54) is 4.90 Å². The van der Waals surface area contributed by atoms with Gasteiger partial charge >= 0.3 is 5.97 Å². The van der Waals surface area contributed by atoms with Gasteiger partial charge in [-0.3, -0.25) is 19.3 Å². The third kappa shape index (κ3) is 4.35. The molecule has 3 aromatic rings. The van der Waals surface area contributed by atoms with Gasteiger partial charge in [0.25, 0.3) is 11.7 Å². The highest BCUT2D eigenvalue weighted by molar-refractivity contribution is 6.51. The molecule has 6 nitrogen and oxygen atoms in total. The van der Waals surface area contributed by atoms with Crippen molar-refractivity contribution < 1.29 is 24.6 Å². The second kappa shape index (κ2) is 9.35. The zero-order chi connectivity index (χ0) is 24.4. The van der Waals surface area contributed by atoms with Crippen molar-refractivity contribution in [2.75, 3.05) is 4.90 Å². The number of amides is 1. The van der Waals surface area contributed by atoms with Crippen LogP contribution >= 0.6 is 0 Å². The lowest BCUT2D eigenvalue weighted by Gasteiger charge is -2.26. The second-order valence-electron chi connectivity index (χ2n) is 8.37. The molecule has 0 aliphatic carbocycles. The molecule has 34 heavy (non-hydrogen) atoms. The van der Waals surface area contributed by atoms with Crippen LogP contribution in [0.25, 0.3) is 5.76 Å². The van der Waals surface area contributed by atoms with Crippen LogP contribution < -0.4 is 4.90 Å². The van der Waals surface area contributed by atoms with Crippen molar-refractivity contribution in [3.05, 3.63) is 106 Å². The molecule has 0 saturated carbocycles. The Morgan fingerprint density at radius 1 is 0.853 bits per heavy atom. The number of aliphatic hydroxyl groups is 1. The van der Waals surface area contributed by atoms with Gasteiger partial charge in [-0.15, -0.1) is 0 Å². The molecule has 4 rings (SSSR count). The Morgan fingerprint density at radius 2 is 1.44 bits per heavy atom. The summed E-state index contributed by atoms with van der Waals surface area (Å²) in [6.07, 6.45) is 0.698. The third-order valence-electron chi connectivity index (χ3n) is 6.04. The van der Waals surface area contributed by atoms with Crippen LogP contribution in [0, 0.1) is 6.92 Å². The van der Waals surface area contributed by atoms with E-state index in [1.54, 1.807) is 36.4 Å². The number of rotatable bonds is 6. The molecule has 1 heterocycles. The molecule has 1 aliphatic heterocycles. The number of benzene rings is 3. The normalized spacial score (nSPS) is 17.2. The van der Waals surface area contributed by atoms with Crippen molar-refractivity contribution in [2.24, 2.45) is 0 Å². The molecule has 6 heteroatoms. The lowest BCUT2D eigenvalue weighted by atomic mass is 9.94. The van der Waals surface area contributed by atoms with E-state index in [-0.39, 0.29) is 17.8 Å². The van der Waals surface area contributed by atoms with Gasteiger partial charge in [-0.05, 0) is 42.2 Å². The number of nitrogens with zero attached hydrogens (tertiary/aromatic N) is 1. The van der Waals surface area contributed by atoms with E-state index in [1.807, 2.05) is 50.2 Å². The monoisotopic (exact) mass is 455 g/mol. The van der Waals surface area contributed by atoms with Crippen LogP contribution in [0.5, 0.6) is 0 Å². The zero-order valence-corrected chi connectivity index (χ0v) is 19.0. The van der Waals surface area contributed by atoms with Crippen LogP contribution in [0.2, 0.25) is 0 Å². The Kier molecular flexibility index (Phi) is 6.32. The summed E-state index contributed by atoms with van der Waals surface area (Å²) in [6, 6.07) is 20.4. The Balaban J connectivity index is 1.86. The van der Waals surface area contributed by atoms with Gasteiger partial charge in [-0.2, -0.15) is 0 Å². The Bertz CT molecular complexity index is 1270. The lowest BCUT2D eigenvalue weighted by Crippen LogP contribution is -2.29. The number of carboxylic acid groups (broad SMARTS) is 1. The standard InChI is InChI=1S/C28H25NO5/c1-3-18-6-12-20(13-7-18)25-24(26(32)21-10-4-17(2)5-11-21)27(33)28(34)29(25)22-14-8-19(9-15-22)16-23(30)31/h4-15,25,32H,3,16H2,1-2H3,(H,30,31)/b26-24+. The van der Waals surface area contributed by atoms with E-state index in [4.69, 9.17) is 5.11 Å². The minimum Gasteiger partial charge on any atom is -0.507 e. The Labute approximate surface area is 197 Å². The van der Waals surface area contributed by atoms with E-state index in [2.05, 4.69) is 0 Å². The van der Waals surface area contributed by atoms with E-state index in [0.29, 0.717) is 22.4 Å². The average molecular weight is 456 g/mol. The summed E-state index contributed by atoms with van der Waals surface area (Å²) in [5.74, 6) is -2.70. The third-order valence-corrected chi connectivity index (χ3v) is 6.04. The highest BCUT2D eigenvalue weighted by Gasteiger charge is 2.46. The Hall–Kier alpha value is -4.19. The Morgan fingerprint density at radius 3 is 2.00 bits per heavy atom. The van der Waals surface area contributed by atoms with Gasteiger partial charge in [0.1, 0.15) is 5.76 Å². The fourth-order valence-electron chi connectivity index (χ4n) is 4.17. The van der Waals surface area contributed by atoms with Crippen molar-refractivity contribution in [3.8, 4) is 0 Å². The highest BCUT2D eigenvalue weighted by Crippen LogP contribution is 2.42. The molecule has 172 valence electrons. The summed E-state index contributed by atoms with van der Waals surface area (Å²) in [7, 11) is 0. The molecule has 1 aliphatic rings. The van der Waals surface area contributed by atoms with Crippen molar-refractivity contribution in [2.45, 2.75) is 32.7 Å². The maximum absolute atomic E-state index is 13.2. The number of carbonyl (C=O) groups is 3. The number of aliphatic carboxylic acids is 1. The van der Waals surface area contributed by atoms with Crippen LogP contribution in [0.3, 0.4) is 0 Å². The molecule has 1 atom stereocenters. The first-order valence-corrected chi connectivity index (χ1v) is 11.1. The first-order valence-electron chi connectivity index (χ1n) is 11.1. The first-order chi connectivity index (χ1) is 16.3. The van der Waals surface area contributed by atoms with Gasteiger partial charge in [0.15, 0.2) is 0 Å². The van der Waals surface area contributed by atoms with E-state index in [0.717, 1.165) is 17.5 Å². The number of anilines is 1. The summed E-state index contributed by atoms with van der Waals surface area (Å²) in [4.78, 5) is 38.8. The zero-order valence-electron chi connectivity index (χ0n) is 19.0. The first kappa shape index (κ1) is 23.0. The van der Waals surface area contributed by atoms with Gasteiger partial charge in [0.2, 0.25) is 0 Å². The number of ketones is 1. The molecular weight excluding hydrogens is 430 g/mol. The quantitative estimate of drug-likeness (QED) is 0.316. The molecule has 3 aromatic carbocycles. The smallest absolute Gasteiger partial charge is 0.307 e. The molecule has 0 radical (unpaired) electrons. The summed E-state index contributed by atoms with van der Waals surface area (Å²) < 4.78 is 0. The minimum absolute atomic E-state index is 0.0210. The fraction of sp³-hybridized carbons (Fsp3) is 0.179. The summed E-state index contributed by atoms with van der Waals surface area (Å²) in [5, 5.41) is 20.2. The van der Waals surface area contributed by atoms with Crippen LogP contribution in [0.1, 0.15) is 40.8 Å². The molecule has 0 bridgehead atoms. The minimum atomic E-state index is -0.956. The van der Waals surface area contributed by atoms with E-state index in [9.17, 15) is 19.5 Å². The van der Waals surface area contributed by atoms with E-state index < -0.39 is 23.7 Å². The number of carboxylic acids is 1. The molecule has 1 fully saturated rings. The van der Waals surface area contributed by atoms with Crippen LogP contribution in [0.15, 0.2) is 78.4 Å². The SMILES string of the molecule is CCc1ccc(C2/C(=C(\O)c3ccc(C)cc3)C(=O)C(=O)N2c2ccc(CC(=O)O)cc2)cc1. The number of aliphatic hydroxyl groups excluding tert-OH is 1. The maximum Gasteiger partial charge on any atom is 0.307 e. The van der Waals surface area contributed by atoms with Gasteiger partial charge in [0.05, 0.1) is 18.0 Å². The highest BCUT2D eigenvalue weighted by atomic mass is 16.4. The number of hydrogen-bond acceptors (Lipinski definition) is 4. The maximum atomic E-state index is 13.2. The molecule has 1 amide bonds. The van der Waals surface area contributed by atoms with Gasteiger partial charge in [0, 0.05) is 11.3 Å². The van der Waals surface area contributed by atoms with Crippen LogP contribution in [0.4, 0.5) is 5.69 Å². The molecule has 2 N–H and O–H groups in total. The molecular formula is C28H25NO5. The van der Waals surface area contributed by atoms with Crippen LogP contribution in [-0.4, -0.2) is 27.9 Å². The number of Topliss-reactive ketones (excluding diaryl/α,β-unsaturated/α-hetero) is 1. The van der Waals surface area contributed by atoms with Crippen molar-refractivity contribution >= 4 is 29.1 Å². The average Bonchev–Trinajstić information content (AvgIpc) is 3.10.